The number of anilines is 1. The Labute approximate surface area is 184 Å². The molecule has 1 fully saturated rings. The normalized spacial score (nSPS) is 13.3. The molecule has 0 atom stereocenters. The van der Waals surface area contributed by atoms with Crippen LogP contribution in [0.3, 0.4) is 0 Å². The number of aromatic nitrogens is 2. The predicted octanol–water partition coefficient (Wildman–Crippen LogP) is 3.17. The zero-order valence-corrected chi connectivity index (χ0v) is 17.9. The summed E-state index contributed by atoms with van der Waals surface area (Å²) in [5.74, 6) is 1.39. The molecule has 0 spiro atoms. The molecule has 1 saturated heterocycles. The fourth-order valence-electron chi connectivity index (χ4n) is 3.48. The van der Waals surface area contributed by atoms with Gasteiger partial charge in [-0.25, -0.2) is 0 Å². The van der Waals surface area contributed by atoms with Crippen LogP contribution in [-0.2, 0) is 27.4 Å². The first kappa shape index (κ1) is 21.4. The molecular weight excluding hydrogens is 414 g/mol. The van der Waals surface area contributed by atoms with E-state index in [0.29, 0.717) is 29.3 Å². The third kappa shape index (κ3) is 4.72. The highest BCUT2D eigenvalue weighted by Crippen LogP contribution is 2.31. The van der Waals surface area contributed by atoms with Crippen molar-refractivity contribution < 1.29 is 28.3 Å². The number of methoxy groups -OCH3 is 2. The summed E-state index contributed by atoms with van der Waals surface area (Å²) in [5, 5.41) is 3.93. The van der Waals surface area contributed by atoms with Crippen LogP contribution in [0.4, 0.5) is 5.69 Å². The van der Waals surface area contributed by atoms with Crippen molar-refractivity contribution in [3.8, 4) is 22.9 Å². The number of esters is 1. The van der Waals surface area contributed by atoms with Gasteiger partial charge in [0.15, 0.2) is 18.1 Å². The topological polar surface area (TPSA) is 104 Å². The number of nitrogens with zero attached hydrogens (tertiary/aromatic N) is 3. The Morgan fingerprint density at radius 2 is 1.88 bits per heavy atom. The first-order valence-electron chi connectivity index (χ1n) is 10.2. The molecule has 9 heteroatoms. The van der Waals surface area contributed by atoms with Gasteiger partial charge in [-0.15, -0.1) is 0 Å². The Hall–Kier alpha value is -3.88. The molecule has 2 heterocycles. The SMILES string of the molecule is COc1ccc(-c2noc(COC(=O)Cc3ccc(N4CCCC4=O)cc3)n2)cc1OC. The lowest BCUT2D eigenvalue weighted by Crippen LogP contribution is -2.23. The number of benzene rings is 2. The average Bonchev–Trinajstić information content (AvgIpc) is 3.47. The van der Waals surface area contributed by atoms with E-state index in [4.69, 9.17) is 18.7 Å². The zero-order valence-electron chi connectivity index (χ0n) is 17.9. The van der Waals surface area contributed by atoms with E-state index in [2.05, 4.69) is 10.1 Å². The minimum absolute atomic E-state index is 0.102. The Morgan fingerprint density at radius 1 is 1.09 bits per heavy atom. The molecular formula is C23H23N3O6. The van der Waals surface area contributed by atoms with Crippen LogP contribution in [0.1, 0.15) is 24.3 Å². The second-order valence-electron chi connectivity index (χ2n) is 7.23. The maximum atomic E-state index is 12.2. The van der Waals surface area contributed by atoms with Crippen LogP contribution >= 0.6 is 0 Å². The summed E-state index contributed by atoms with van der Waals surface area (Å²) in [5.41, 5.74) is 2.32. The standard InChI is InChI=1S/C23H23N3O6/c1-29-18-10-7-16(13-19(18)30-2)23-24-20(32-25-23)14-31-22(28)12-15-5-8-17(9-6-15)26-11-3-4-21(26)27/h5-10,13H,3-4,11-12,14H2,1-2H3. The maximum absolute atomic E-state index is 12.2. The van der Waals surface area contributed by atoms with E-state index < -0.39 is 5.97 Å². The number of carbonyl (C=O) groups excluding carboxylic acids is 2. The second-order valence-corrected chi connectivity index (χ2v) is 7.23. The molecule has 9 nitrogen and oxygen atoms in total. The summed E-state index contributed by atoms with van der Waals surface area (Å²) in [6, 6.07) is 12.6. The van der Waals surface area contributed by atoms with Gasteiger partial charge < -0.3 is 23.6 Å². The molecule has 2 aromatic carbocycles. The van der Waals surface area contributed by atoms with Crippen LogP contribution in [0.25, 0.3) is 11.4 Å². The van der Waals surface area contributed by atoms with Crippen LogP contribution in [0, 0.1) is 0 Å². The van der Waals surface area contributed by atoms with Gasteiger partial charge in [-0.3, -0.25) is 9.59 Å². The first-order valence-corrected chi connectivity index (χ1v) is 10.2. The Bertz CT molecular complexity index is 1110. The van der Waals surface area contributed by atoms with Crippen molar-refractivity contribution in [2.45, 2.75) is 25.9 Å². The van der Waals surface area contributed by atoms with Crippen molar-refractivity contribution in [3.05, 3.63) is 53.9 Å². The van der Waals surface area contributed by atoms with Crippen molar-refractivity contribution in [2.75, 3.05) is 25.7 Å². The molecule has 4 rings (SSSR count). The van der Waals surface area contributed by atoms with E-state index >= 15 is 0 Å². The smallest absolute Gasteiger partial charge is 0.310 e. The van der Waals surface area contributed by atoms with E-state index in [1.807, 2.05) is 24.3 Å². The van der Waals surface area contributed by atoms with Gasteiger partial charge in [-0.2, -0.15) is 4.98 Å². The highest BCUT2D eigenvalue weighted by molar-refractivity contribution is 5.95. The highest BCUT2D eigenvalue weighted by atomic mass is 16.6. The lowest BCUT2D eigenvalue weighted by molar-refractivity contribution is -0.144. The molecule has 0 saturated carbocycles. The molecule has 1 aliphatic heterocycles. The third-order valence-corrected chi connectivity index (χ3v) is 5.14. The molecule has 0 N–H and O–H groups in total. The summed E-state index contributed by atoms with van der Waals surface area (Å²) >= 11 is 0. The largest absolute Gasteiger partial charge is 0.493 e. The molecule has 0 aliphatic carbocycles. The minimum atomic E-state index is -0.416. The number of ether oxygens (including phenoxy) is 3. The molecule has 32 heavy (non-hydrogen) atoms. The van der Waals surface area contributed by atoms with Crippen molar-refractivity contribution >= 4 is 17.6 Å². The van der Waals surface area contributed by atoms with Crippen LogP contribution in [0.5, 0.6) is 11.5 Å². The monoisotopic (exact) mass is 437 g/mol. The summed E-state index contributed by atoms with van der Waals surface area (Å²) < 4.78 is 21.0. The van der Waals surface area contributed by atoms with Crippen molar-refractivity contribution in [3.63, 3.8) is 0 Å². The summed E-state index contributed by atoms with van der Waals surface area (Å²) in [7, 11) is 3.10. The minimum Gasteiger partial charge on any atom is -0.493 e. The summed E-state index contributed by atoms with van der Waals surface area (Å²) in [6.07, 6.45) is 1.55. The number of amides is 1. The summed E-state index contributed by atoms with van der Waals surface area (Å²) in [6.45, 7) is 0.606. The number of rotatable bonds is 8. The van der Waals surface area contributed by atoms with Gasteiger partial charge in [0.25, 0.3) is 5.89 Å². The Balaban J connectivity index is 1.32. The number of hydrogen-bond acceptors (Lipinski definition) is 8. The van der Waals surface area contributed by atoms with E-state index in [9.17, 15) is 9.59 Å². The van der Waals surface area contributed by atoms with Gasteiger partial charge in [-0.05, 0) is 42.3 Å². The van der Waals surface area contributed by atoms with Crippen LogP contribution < -0.4 is 14.4 Å². The average molecular weight is 437 g/mol. The quantitative estimate of drug-likeness (QED) is 0.495. The van der Waals surface area contributed by atoms with Crippen LogP contribution in [0.2, 0.25) is 0 Å². The van der Waals surface area contributed by atoms with Gasteiger partial charge in [0.2, 0.25) is 11.7 Å². The molecule has 0 radical (unpaired) electrons. The van der Waals surface area contributed by atoms with Crippen LogP contribution in [0.15, 0.2) is 47.0 Å². The third-order valence-electron chi connectivity index (χ3n) is 5.14. The number of carbonyl (C=O) groups is 2. The first-order chi connectivity index (χ1) is 15.6. The molecule has 0 bridgehead atoms. The number of hydrogen-bond donors (Lipinski definition) is 0. The lowest BCUT2D eigenvalue weighted by Gasteiger charge is -2.15. The molecule has 1 aliphatic rings. The summed E-state index contributed by atoms with van der Waals surface area (Å²) in [4.78, 5) is 30.1. The maximum Gasteiger partial charge on any atom is 0.310 e. The fourth-order valence-corrected chi connectivity index (χ4v) is 3.48. The van der Waals surface area contributed by atoms with Crippen molar-refractivity contribution in [2.24, 2.45) is 0 Å². The van der Waals surface area contributed by atoms with Gasteiger partial charge in [0, 0.05) is 24.2 Å². The molecule has 166 valence electrons. The van der Waals surface area contributed by atoms with Gasteiger partial charge in [0.1, 0.15) is 0 Å². The van der Waals surface area contributed by atoms with E-state index in [0.717, 1.165) is 24.2 Å². The van der Waals surface area contributed by atoms with Crippen molar-refractivity contribution in [1.29, 1.82) is 0 Å². The highest BCUT2D eigenvalue weighted by Gasteiger charge is 2.21. The van der Waals surface area contributed by atoms with E-state index in [1.165, 1.54) is 0 Å². The molecule has 1 amide bonds. The molecule has 0 unspecified atom stereocenters. The zero-order chi connectivity index (χ0) is 22.5. The predicted molar refractivity (Wildman–Crippen MR) is 114 cm³/mol. The Kier molecular flexibility index (Phi) is 6.34. The van der Waals surface area contributed by atoms with Crippen molar-refractivity contribution in [1.82, 2.24) is 10.1 Å². The van der Waals surface area contributed by atoms with Gasteiger partial charge >= 0.3 is 5.97 Å². The molecule has 1 aromatic heterocycles. The lowest BCUT2D eigenvalue weighted by atomic mass is 10.1. The van der Waals surface area contributed by atoms with E-state index in [1.54, 1.807) is 37.3 Å². The van der Waals surface area contributed by atoms with Gasteiger partial charge in [0.05, 0.1) is 20.6 Å². The fraction of sp³-hybridized carbons (Fsp3) is 0.304. The van der Waals surface area contributed by atoms with Gasteiger partial charge in [-0.1, -0.05) is 17.3 Å². The second kappa shape index (κ2) is 9.51. The van der Waals surface area contributed by atoms with E-state index in [-0.39, 0.29) is 24.8 Å². The van der Waals surface area contributed by atoms with Crippen LogP contribution in [-0.4, -0.2) is 42.8 Å². The Morgan fingerprint density at radius 3 is 2.56 bits per heavy atom. The molecule has 3 aromatic rings.